The van der Waals surface area contributed by atoms with Gasteiger partial charge in [-0.1, -0.05) is 43.3 Å². The number of esters is 2. The highest BCUT2D eigenvalue weighted by Gasteiger charge is 2.45. The first-order chi connectivity index (χ1) is 10.0. The largest absolute Gasteiger partial charge is 0.465 e. The van der Waals surface area contributed by atoms with Crippen LogP contribution in [0.15, 0.2) is 43.0 Å². The lowest BCUT2D eigenvalue weighted by Gasteiger charge is -2.32. The van der Waals surface area contributed by atoms with Crippen molar-refractivity contribution in [2.24, 2.45) is 5.92 Å². The Labute approximate surface area is 125 Å². The molecule has 0 aliphatic rings. The quantitative estimate of drug-likeness (QED) is 0.440. The highest BCUT2D eigenvalue weighted by Crippen LogP contribution is 2.35. The van der Waals surface area contributed by atoms with Gasteiger partial charge in [0.2, 0.25) is 0 Å². The Hall–Kier alpha value is -2.10. The van der Waals surface area contributed by atoms with E-state index in [-0.39, 0.29) is 13.2 Å². The van der Waals surface area contributed by atoms with E-state index in [9.17, 15) is 9.59 Å². The average Bonchev–Trinajstić information content (AvgIpc) is 2.48. The van der Waals surface area contributed by atoms with Crippen molar-refractivity contribution in [2.45, 2.75) is 26.2 Å². The minimum Gasteiger partial charge on any atom is -0.465 e. The number of carbonyl (C=O) groups excluding carboxylic acids is 2. The second kappa shape index (κ2) is 7.62. The molecule has 0 saturated heterocycles. The van der Waals surface area contributed by atoms with E-state index in [4.69, 9.17) is 9.47 Å². The van der Waals surface area contributed by atoms with Gasteiger partial charge in [0.05, 0.1) is 13.2 Å². The molecule has 114 valence electrons. The molecule has 0 aliphatic carbocycles. The molecule has 0 heterocycles. The average molecular weight is 290 g/mol. The Kier molecular flexibility index (Phi) is 6.15. The molecule has 1 aromatic carbocycles. The van der Waals surface area contributed by atoms with Gasteiger partial charge in [0.1, 0.15) is 0 Å². The van der Waals surface area contributed by atoms with Crippen LogP contribution in [0.4, 0.5) is 0 Å². The number of benzene rings is 1. The van der Waals surface area contributed by atoms with Crippen LogP contribution in [0.2, 0.25) is 0 Å². The highest BCUT2D eigenvalue weighted by atomic mass is 16.6. The number of hydrogen-bond acceptors (Lipinski definition) is 4. The fourth-order valence-electron chi connectivity index (χ4n) is 2.24. The van der Waals surface area contributed by atoms with Crippen LogP contribution in [0.1, 0.15) is 26.3 Å². The van der Waals surface area contributed by atoms with Crippen molar-refractivity contribution in [2.75, 3.05) is 13.2 Å². The molecule has 0 fully saturated rings. The van der Waals surface area contributed by atoms with Crippen molar-refractivity contribution in [3.63, 3.8) is 0 Å². The van der Waals surface area contributed by atoms with E-state index < -0.39 is 23.3 Å². The van der Waals surface area contributed by atoms with Gasteiger partial charge in [0.15, 0.2) is 5.92 Å². The summed E-state index contributed by atoms with van der Waals surface area (Å²) < 4.78 is 10.1. The summed E-state index contributed by atoms with van der Waals surface area (Å²) in [6, 6.07) is 9.28. The Morgan fingerprint density at radius 2 is 1.62 bits per heavy atom. The van der Waals surface area contributed by atoms with Gasteiger partial charge in [0.25, 0.3) is 0 Å². The molecule has 4 heteroatoms. The van der Waals surface area contributed by atoms with Gasteiger partial charge in [-0.15, -0.1) is 6.58 Å². The molecule has 0 aromatic heterocycles. The molecule has 0 radical (unpaired) electrons. The predicted molar refractivity (Wildman–Crippen MR) is 80.7 cm³/mol. The molecule has 21 heavy (non-hydrogen) atoms. The van der Waals surface area contributed by atoms with Crippen LogP contribution in [0, 0.1) is 5.92 Å². The van der Waals surface area contributed by atoms with Gasteiger partial charge < -0.3 is 9.47 Å². The summed E-state index contributed by atoms with van der Waals surface area (Å²) >= 11 is 0. The van der Waals surface area contributed by atoms with E-state index in [2.05, 4.69) is 6.58 Å². The fraction of sp³-hybridized carbons (Fsp3) is 0.412. The van der Waals surface area contributed by atoms with Crippen LogP contribution >= 0.6 is 0 Å². The molecule has 0 aliphatic heterocycles. The lowest BCUT2D eigenvalue weighted by molar-refractivity contribution is -0.164. The van der Waals surface area contributed by atoms with Gasteiger partial charge in [-0.3, -0.25) is 9.59 Å². The van der Waals surface area contributed by atoms with Crippen LogP contribution in [-0.2, 0) is 24.5 Å². The normalized spacial score (nSPS) is 13.3. The van der Waals surface area contributed by atoms with E-state index in [0.29, 0.717) is 0 Å². The summed E-state index contributed by atoms with van der Waals surface area (Å²) in [6.45, 7) is 9.40. The molecular formula is C17H22O4. The van der Waals surface area contributed by atoms with Gasteiger partial charge >= 0.3 is 11.9 Å². The van der Waals surface area contributed by atoms with Gasteiger partial charge in [-0.05, 0) is 19.4 Å². The molecule has 0 spiro atoms. The molecule has 0 bridgehead atoms. The van der Waals surface area contributed by atoms with Gasteiger partial charge in [-0.2, -0.15) is 0 Å². The van der Waals surface area contributed by atoms with Crippen molar-refractivity contribution in [1.29, 1.82) is 0 Å². The molecule has 4 nitrogen and oxygen atoms in total. The van der Waals surface area contributed by atoms with Crippen molar-refractivity contribution in [3.8, 4) is 0 Å². The zero-order chi connectivity index (χ0) is 15.9. The third-order valence-corrected chi connectivity index (χ3v) is 3.46. The van der Waals surface area contributed by atoms with E-state index >= 15 is 0 Å². The minimum absolute atomic E-state index is 0.205. The first-order valence-corrected chi connectivity index (χ1v) is 7.03. The Morgan fingerprint density at radius 1 is 1.14 bits per heavy atom. The molecule has 0 N–H and O–H groups in total. The summed E-state index contributed by atoms with van der Waals surface area (Å²) in [5, 5.41) is 0. The number of hydrogen-bond donors (Lipinski definition) is 0. The number of ether oxygens (including phenoxy) is 2. The highest BCUT2D eigenvalue weighted by molar-refractivity contribution is 5.97. The summed E-state index contributed by atoms with van der Waals surface area (Å²) in [4.78, 5) is 24.5. The molecule has 1 unspecified atom stereocenters. The summed E-state index contributed by atoms with van der Waals surface area (Å²) in [6.07, 6.45) is 1.60. The van der Waals surface area contributed by atoms with E-state index in [0.717, 1.165) is 5.56 Å². The third kappa shape index (κ3) is 3.72. The molecule has 0 amide bonds. The second-order valence-electron chi connectivity index (χ2n) is 4.79. The summed E-state index contributed by atoms with van der Waals surface area (Å²) in [5.41, 5.74) is -0.0779. The monoisotopic (exact) mass is 290 g/mol. The predicted octanol–water partition coefficient (Wildman–Crippen LogP) is 2.87. The van der Waals surface area contributed by atoms with Crippen LogP contribution in [-0.4, -0.2) is 25.2 Å². The topological polar surface area (TPSA) is 52.6 Å². The lowest BCUT2D eigenvalue weighted by Crippen LogP contribution is -2.43. The third-order valence-electron chi connectivity index (χ3n) is 3.46. The SMILES string of the molecule is C=CC(C)(c1ccccc1)C(C(=O)OCC)C(=O)OCC. The number of allylic oxidation sites excluding steroid dienone is 1. The molecule has 1 rings (SSSR count). The van der Waals surface area contributed by atoms with Crippen LogP contribution in [0.5, 0.6) is 0 Å². The first kappa shape index (κ1) is 17.0. The van der Waals surface area contributed by atoms with Crippen LogP contribution in [0.3, 0.4) is 0 Å². The molecular weight excluding hydrogens is 268 g/mol. The first-order valence-electron chi connectivity index (χ1n) is 7.03. The van der Waals surface area contributed by atoms with Gasteiger partial charge in [-0.25, -0.2) is 0 Å². The van der Waals surface area contributed by atoms with E-state index in [1.54, 1.807) is 26.8 Å². The Morgan fingerprint density at radius 3 is 2.00 bits per heavy atom. The number of rotatable bonds is 7. The zero-order valence-electron chi connectivity index (χ0n) is 12.8. The number of carbonyl (C=O) groups is 2. The van der Waals surface area contributed by atoms with Crippen molar-refractivity contribution < 1.29 is 19.1 Å². The van der Waals surface area contributed by atoms with E-state index in [1.807, 2.05) is 30.3 Å². The van der Waals surface area contributed by atoms with Crippen molar-refractivity contribution in [3.05, 3.63) is 48.6 Å². The molecule has 1 aromatic rings. The minimum atomic E-state index is -1.07. The summed E-state index contributed by atoms with van der Waals surface area (Å²) in [7, 11) is 0. The zero-order valence-corrected chi connectivity index (χ0v) is 12.8. The Bertz CT molecular complexity index is 477. The van der Waals surface area contributed by atoms with Crippen LogP contribution < -0.4 is 0 Å². The summed E-state index contributed by atoms with van der Waals surface area (Å²) in [5.74, 6) is -2.26. The Balaban J connectivity index is 3.29. The lowest BCUT2D eigenvalue weighted by atomic mass is 9.71. The fourth-order valence-corrected chi connectivity index (χ4v) is 2.24. The maximum absolute atomic E-state index is 12.3. The molecule has 1 atom stereocenters. The standard InChI is InChI=1S/C17H22O4/c1-5-17(4,13-11-9-8-10-12-13)14(15(18)20-6-2)16(19)21-7-3/h5,8-12,14H,1,6-7H2,2-4H3. The maximum Gasteiger partial charge on any atom is 0.321 e. The van der Waals surface area contributed by atoms with Crippen molar-refractivity contribution >= 4 is 11.9 Å². The van der Waals surface area contributed by atoms with E-state index in [1.165, 1.54) is 0 Å². The van der Waals surface area contributed by atoms with Gasteiger partial charge in [0, 0.05) is 5.41 Å². The maximum atomic E-state index is 12.3. The van der Waals surface area contributed by atoms with Crippen molar-refractivity contribution in [1.82, 2.24) is 0 Å². The molecule has 0 saturated carbocycles. The smallest absolute Gasteiger partial charge is 0.321 e. The second-order valence-corrected chi connectivity index (χ2v) is 4.79. The van der Waals surface area contributed by atoms with Crippen LogP contribution in [0.25, 0.3) is 0 Å².